The molecule has 3 heteroatoms. The first kappa shape index (κ1) is 19.9. The lowest BCUT2D eigenvalue weighted by molar-refractivity contribution is -0.118. The van der Waals surface area contributed by atoms with E-state index in [0.29, 0.717) is 5.41 Å². The average Bonchev–Trinajstić information content (AvgIpc) is 2.52. The lowest BCUT2D eigenvalue weighted by Gasteiger charge is -2.26. The van der Waals surface area contributed by atoms with Crippen molar-refractivity contribution in [2.45, 2.75) is 64.8 Å². The van der Waals surface area contributed by atoms with E-state index in [2.05, 4.69) is 26.6 Å². The number of aliphatic hydroxyl groups is 1. The van der Waals surface area contributed by atoms with E-state index in [0.717, 1.165) is 24.8 Å². The van der Waals surface area contributed by atoms with Crippen molar-refractivity contribution < 1.29 is 9.90 Å². The van der Waals surface area contributed by atoms with Crippen LogP contribution in [-0.4, -0.2) is 24.7 Å². The van der Waals surface area contributed by atoms with Gasteiger partial charge >= 0.3 is 0 Å². The molecule has 1 N–H and O–H groups in total. The number of aliphatic hydroxyl groups excluding tert-OH is 1. The highest BCUT2D eigenvalue weighted by atomic mass is 28.3. The third-order valence-electron chi connectivity index (χ3n) is 4.14. The molecule has 1 aromatic rings. The van der Waals surface area contributed by atoms with Gasteiger partial charge in [0.1, 0.15) is 13.5 Å². The Balaban J connectivity index is 2.76. The highest BCUT2D eigenvalue weighted by Gasteiger charge is 2.34. The SMILES string of the molecule is CCCCCC[C@@H](C(=O)[Si](C)(C)C)[C@H](O)/C=C/c1ccccc1. The smallest absolute Gasteiger partial charge is 0.124 e. The lowest BCUT2D eigenvalue weighted by atomic mass is 9.95. The summed E-state index contributed by atoms with van der Waals surface area (Å²) in [7, 11) is -1.90. The molecule has 2 atom stereocenters. The van der Waals surface area contributed by atoms with Gasteiger partial charge in [-0.25, -0.2) is 0 Å². The van der Waals surface area contributed by atoms with Crippen LogP contribution in [0.25, 0.3) is 6.08 Å². The minimum absolute atomic E-state index is 0.251. The van der Waals surface area contributed by atoms with E-state index < -0.39 is 14.2 Å². The predicted octanol–water partition coefficient (Wildman–Crippen LogP) is 5.09. The van der Waals surface area contributed by atoms with Gasteiger partial charge in [-0.1, -0.05) is 94.7 Å². The zero-order valence-electron chi connectivity index (χ0n) is 15.1. The highest BCUT2D eigenvalue weighted by molar-refractivity contribution is 7.03. The molecule has 128 valence electrons. The fraction of sp³-hybridized carbons (Fsp3) is 0.550. The Hall–Kier alpha value is -1.19. The quantitative estimate of drug-likeness (QED) is 0.478. The van der Waals surface area contributed by atoms with Crippen LogP contribution >= 0.6 is 0 Å². The first-order valence-electron chi connectivity index (χ1n) is 8.82. The van der Waals surface area contributed by atoms with Crippen LogP contribution in [0.4, 0.5) is 0 Å². The van der Waals surface area contributed by atoms with Crippen molar-refractivity contribution >= 4 is 19.6 Å². The molecule has 0 aliphatic carbocycles. The average molecular weight is 333 g/mol. The van der Waals surface area contributed by atoms with Gasteiger partial charge in [-0.05, 0) is 12.0 Å². The monoisotopic (exact) mass is 332 g/mol. The third-order valence-corrected chi connectivity index (χ3v) is 5.99. The summed E-state index contributed by atoms with van der Waals surface area (Å²) in [5, 5.41) is 10.9. The molecule has 0 saturated carbocycles. The van der Waals surface area contributed by atoms with E-state index in [1.807, 2.05) is 36.4 Å². The highest BCUT2D eigenvalue weighted by Crippen LogP contribution is 2.22. The normalized spacial score (nSPS) is 14.8. The first-order chi connectivity index (χ1) is 10.9. The largest absolute Gasteiger partial charge is 0.388 e. The van der Waals surface area contributed by atoms with Crippen molar-refractivity contribution in [3.05, 3.63) is 42.0 Å². The van der Waals surface area contributed by atoms with E-state index in [9.17, 15) is 9.90 Å². The van der Waals surface area contributed by atoms with Crippen LogP contribution < -0.4 is 0 Å². The summed E-state index contributed by atoms with van der Waals surface area (Å²) in [5.74, 6) is -0.251. The van der Waals surface area contributed by atoms with Gasteiger partial charge in [0.25, 0.3) is 0 Å². The zero-order valence-corrected chi connectivity index (χ0v) is 16.1. The Kier molecular flexibility index (Phi) is 8.49. The van der Waals surface area contributed by atoms with Gasteiger partial charge in [0.05, 0.1) is 6.10 Å². The summed E-state index contributed by atoms with van der Waals surface area (Å²) in [6.45, 7) is 8.40. The number of hydrogen-bond acceptors (Lipinski definition) is 2. The maximum absolute atomic E-state index is 12.7. The molecule has 0 radical (unpaired) electrons. The second-order valence-electron chi connectivity index (χ2n) is 7.33. The number of carbonyl (C=O) groups excluding carboxylic acids is 1. The van der Waals surface area contributed by atoms with Crippen LogP contribution in [-0.2, 0) is 4.79 Å². The molecular weight excluding hydrogens is 300 g/mol. The summed E-state index contributed by atoms with van der Waals surface area (Å²) < 4.78 is 0. The van der Waals surface area contributed by atoms with Gasteiger partial charge in [0, 0.05) is 5.92 Å². The third kappa shape index (κ3) is 7.27. The second kappa shape index (κ2) is 9.84. The molecule has 0 aliphatic heterocycles. The number of carbonyl (C=O) groups is 1. The molecule has 0 spiro atoms. The van der Waals surface area contributed by atoms with Crippen molar-refractivity contribution in [3.63, 3.8) is 0 Å². The Morgan fingerprint density at radius 3 is 2.35 bits per heavy atom. The van der Waals surface area contributed by atoms with Crippen LogP contribution in [0.2, 0.25) is 19.6 Å². The van der Waals surface area contributed by atoms with Crippen LogP contribution in [0, 0.1) is 5.92 Å². The summed E-state index contributed by atoms with van der Waals surface area (Å²) >= 11 is 0. The van der Waals surface area contributed by atoms with E-state index >= 15 is 0 Å². The molecule has 0 bridgehead atoms. The van der Waals surface area contributed by atoms with Crippen molar-refractivity contribution in [3.8, 4) is 0 Å². The zero-order chi connectivity index (χ0) is 17.3. The van der Waals surface area contributed by atoms with E-state index in [1.54, 1.807) is 6.08 Å². The van der Waals surface area contributed by atoms with Crippen LogP contribution in [0.1, 0.15) is 44.6 Å². The Bertz CT molecular complexity index is 488. The summed E-state index contributed by atoms with van der Waals surface area (Å²) in [5.41, 5.74) is 1.05. The molecule has 0 fully saturated rings. The number of hydrogen-bond donors (Lipinski definition) is 1. The molecule has 23 heavy (non-hydrogen) atoms. The first-order valence-corrected chi connectivity index (χ1v) is 12.3. The van der Waals surface area contributed by atoms with Crippen molar-refractivity contribution in [1.29, 1.82) is 0 Å². The summed E-state index contributed by atoms with van der Waals surface area (Å²) in [6, 6.07) is 9.92. The summed E-state index contributed by atoms with van der Waals surface area (Å²) in [4.78, 5) is 12.7. The Morgan fingerprint density at radius 2 is 1.78 bits per heavy atom. The minimum Gasteiger partial charge on any atom is -0.388 e. The van der Waals surface area contributed by atoms with Crippen LogP contribution in [0.3, 0.4) is 0 Å². The second-order valence-corrected chi connectivity index (χ2v) is 12.3. The van der Waals surface area contributed by atoms with Crippen LogP contribution in [0.5, 0.6) is 0 Å². The standard InChI is InChI=1S/C20H32O2Si/c1-5-6-7-11-14-18(20(22)23(2,3)4)19(21)16-15-17-12-9-8-10-13-17/h8-10,12-13,15-16,18-19,21H,5-7,11,14H2,1-4H3/b16-15+/t18-,19-/m1/s1. The number of unbranched alkanes of at least 4 members (excludes halogenated alkanes) is 3. The molecule has 1 aromatic carbocycles. The van der Waals surface area contributed by atoms with Gasteiger partial charge in [-0.2, -0.15) is 0 Å². The molecule has 2 nitrogen and oxygen atoms in total. The number of rotatable bonds is 10. The molecule has 0 amide bonds. The fourth-order valence-corrected chi connectivity index (χ4v) is 4.14. The maximum Gasteiger partial charge on any atom is 0.124 e. The van der Waals surface area contributed by atoms with Crippen molar-refractivity contribution in [2.75, 3.05) is 0 Å². The Labute approximate surface area is 142 Å². The molecule has 0 unspecified atom stereocenters. The van der Waals surface area contributed by atoms with Gasteiger partial charge in [-0.15, -0.1) is 0 Å². The molecular formula is C20H32O2Si. The molecule has 0 heterocycles. The topological polar surface area (TPSA) is 37.3 Å². The number of benzene rings is 1. The molecule has 1 rings (SSSR count). The van der Waals surface area contributed by atoms with Crippen molar-refractivity contribution in [1.82, 2.24) is 0 Å². The van der Waals surface area contributed by atoms with E-state index in [4.69, 9.17) is 0 Å². The summed E-state index contributed by atoms with van der Waals surface area (Å²) in [6.07, 6.45) is 8.36. The molecule has 0 aliphatic rings. The molecule has 0 aromatic heterocycles. The van der Waals surface area contributed by atoms with Gasteiger partial charge in [0.15, 0.2) is 0 Å². The van der Waals surface area contributed by atoms with E-state index in [1.165, 1.54) is 12.8 Å². The van der Waals surface area contributed by atoms with Crippen LogP contribution in [0.15, 0.2) is 36.4 Å². The van der Waals surface area contributed by atoms with Gasteiger partial charge < -0.3 is 9.90 Å². The lowest BCUT2D eigenvalue weighted by Crippen LogP contribution is -2.43. The fourth-order valence-electron chi connectivity index (χ4n) is 2.71. The van der Waals surface area contributed by atoms with Gasteiger partial charge in [-0.3, -0.25) is 0 Å². The predicted molar refractivity (Wildman–Crippen MR) is 102 cm³/mol. The Morgan fingerprint density at radius 1 is 1.13 bits per heavy atom. The minimum atomic E-state index is -1.90. The molecule has 0 saturated heterocycles. The van der Waals surface area contributed by atoms with E-state index in [-0.39, 0.29) is 5.92 Å². The van der Waals surface area contributed by atoms with Crippen molar-refractivity contribution in [2.24, 2.45) is 5.92 Å². The van der Waals surface area contributed by atoms with Gasteiger partial charge in [0.2, 0.25) is 0 Å². The maximum atomic E-state index is 12.7.